The number of furan rings is 2. The molecule has 0 unspecified atom stereocenters. The highest BCUT2D eigenvalue weighted by atomic mass is 35.5. The molecule has 0 radical (unpaired) electrons. The van der Waals surface area contributed by atoms with Crippen molar-refractivity contribution in [2.24, 2.45) is 5.92 Å². The van der Waals surface area contributed by atoms with Gasteiger partial charge in [-0.2, -0.15) is 0 Å². The van der Waals surface area contributed by atoms with Crippen LogP contribution in [-0.4, -0.2) is 5.78 Å². The molecule has 0 N–H and O–H groups in total. The number of hydrogen-bond acceptors (Lipinski definition) is 3. The third kappa shape index (κ3) is 5.07. The van der Waals surface area contributed by atoms with E-state index in [0.717, 1.165) is 0 Å². The molecule has 182 valence electrons. The van der Waals surface area contributed by atoms with Gasteiger partial charge in [-0.25, -0.2) is 0 Å². The lowest BCUT2D eigenvalue weighted by atomic mass is 9.81. The molecule has 4 aromatic rings. The van der Waals surface area contributed by atoms with Gasteiger partial charge in [-0.1, -0.05) is 65.5 Å². The molecule has 0 bridgehead atoms. The van der Waals surface area contributed by atoms with Crippen LogP contribution in [0.25, 0.3) is 34.8 Å². The molecule has 2 aromatic carbocycles. The van der Waals surface area contributed by atoms with Crippen molar-refractivity contribution in [1.29, 1.82) is 0 Å². The van der Waals surface area contributed by atoms with E-state index in [9.17, 15) is 4.79 Å². The molecule has 1 aliphatic carbocycles. The van der Waals surface area contributed by atoms with Crippen LogP contribution in [0.15, 0.2) is 80.6 Å². The number of allylic oxidation sites excluding steroid dienone is 2. The Labute approximate surface area is 228 Å². The summed E-state index contributed by atoms with van der Waals surface area (Å²) in [5.74, 6) is 2.46. The molecule has 36 heavy (non-hydrogen) atoms. The summed E-state index contributed by atoms with van der Waals surface area (Å²) in [5.41, 5.74) is 2.60. The van der Waals surface area contributed by atoms with Crippen molar-refractivity contribution in [2.45, 2.75) is 19.8 Å². The highest BCUT2D eigenvalue weighted by molar-refractivity contribution is 6.39. The molecule has 1 saturated carbocycles. The molecule has 0 atom stereocenters. The summed E-state index contributed by atoms with van der Waals surface area (Å²) in [6.07, 6.45) is 4.88. The minimum atomic E-state index is -0.0319. The van der Waals surface area contributed by atoms with Crippen molar-refractivity contribution in [1.82, 2.24) is 0 Å². The maximum atomic E-state index is 13.3. The van der Waals surface area contributed by atoms with E-state index >= 15 is 0 Å². The van der Waals surface area contributed by atoms with Crippen molar-refractivity contribution in [3.05, 3.63) is 103 Å². The summed E-state index contributed by atoms with van der Waals surface area (Å²) in [7, 11) is 0. The van der Waals surface area contributed by atoms with Crippen molar-refractivity contribution in [3.8, 4) is 22.6 Å². The van der Waals surface area contributed by atoms with E-state index in [0.29, 0.717) is 78.2 Å². The molecular formula is C29H20Cl4O3. The van der Waals surface area contributed by atoms with Crippen LogP contribution in [0.5, 0.6) is 0 Å². The van der Waals surface area contributed by atoms with E-state index in [4.69, 9.17) is 55.2 Å². The van der Waals surface area contributed by atoms with Crippen LogP contribution >= 0.6 is 46.4 Å². The maximum absolute atomic E-state index is 13.3. The van der Waals surface area contributed by atoms with Crippen LogP contribution in [0.4, 0.5) is 0 Å². The van der Waals surface area contributed by atoms with Crippen molar-refractivity contribution >= 4 is 64.3 Å². The lowest BCUT2D eigenvalue weighted by Crippen LogP contribution is -2.18. The van der Waals surface area contributed by atoms with E-state index in [1.54, 1.807) is 60.7 Å². The Morgan fingerprint density at radius 2 is 1.06 bits per heavy atom. The number of carbonyl (C=O) groups is 1. The Kier molecular flexibility index (Phi) is 7.18. The molecule has 2 aromatic heterocycles. The molecule has 1 fully saturated rings. The highest BCUT2D eigenvalue weighted by Crippen LogP contribution is 2.39. The summed E-state index contributed by atoms with van der Waals surface area (Å²) in [5, 5.41) is 2.00. The van der Waals surface area contributed by atoms with Gasteiger partial charge >= 0.3 is 0 Å². The van der Waals surface area contributed by atoms with Gasteiger partial charge in [-0.3, -0.25) is 4.79 Å². The summed E-state index contributed by atoms with van der Waals surface area (Å²) in [4.78, 5) is 13.3. The number of benzene rings is 2. The molecule has 3 nitrogen and oxygen atoms in total. The average Bonchev–Trinajstić information content (AvgIpc) is 3.47. The molecule has 0 saturated heterocycles. The zero-order valence-electron chi connectivity index (χ0n) is 19.2. The Balaban J connectivity index is 1.43. The first-order valence-corrected chi connectivity index (χ1v) is 12.9. The highest BCUT2D eigenvalue weighted by Gasteiger charge is 2.26. The fraction of sp³-hybridized carbons (Fsp3) is 0.138. The topological polar surface area (TPSA) is 43.4 Å². The van der Waals surface area contributed by atoms with Gasteiger partial charge in [0, 0.05) is 11.1 Å². The van der Waals surface area contributed by atoms with E-state index in [1.165, 1.54) is 0 Å². The first kappa shape index (κ1) is 25.0. The quantitative estimate of drug-likeness (QED) is 0.234. The summed E-state index contributed by atoms with van der Waals surface area (Å²) in [6, 6.07) is 17.8. The fourth-order valence-electron chi connectivity index (χ4n) is 4.40. The van der Waals surface area contributed by atoms with Crippen LogP contribution in [0.2, 0.25) is 20.1 Å². The van der Waals surface area contributed by atoms with Gasteiger partial charge in [0.05, 0.1) is 31.2 Å². The molecule has 0 spiro atoms. The van der Waals surface area contributed by atoms with Crippen LogP contribution in [0, 0.1) is 5.92 Å². The molecule has 2 heterocycles. The van der Waals surface area contributed by atoms with Crippen molar-refractivity contribution in [3.63, 3.8) is 0 Å². The smallest absolute Gasteiger partial charge is 0.185 e. The van der Waals surface area contributed by atoms with Crippen LogP contribution in [0.3, 0.4) is 0 Å². The molecular weight excluding hydrogens is 538 g/mol. The Hall–Kier alpha value is -2.69. The number of ketones is 1. The van der Waals surface area contributed by atoms with E-state index < -0.39 is 0 Å². The largest absolute Gasteiger partial charge is 0.457 e. The fourth-order valence-corrected chi connectivity index (χ4v) is 5.57. The van der Waals surface area contributed by atoms with E-state index in [1.807, 2.05) is 12.1 Å². The number of halogens is 4. The number of Topliss-reactive ketones (excluding diaryl/α,β-unsaturated/α-hetero) is 1. The predicted octanol–water partition coefficient (Wildman–Crippen LogP) is 10.3. The molecule has 5 rings (SSSR count). The van der Waals surface area contributed by atoms with Crippen molar-refractivity contribution in [2.75, 3.05) is 0 Å². The normalized spacial score (nSPS) is 18.4. The molecule has 0 aliphatic heterocycles. The predicted molar refractivity (Wildman–Crippen MR) is 148 cm³/mol. The zero-order chi connectivity index (χ0) is 25.4. The lowest BCUT2D eigenvalue weighted by molar-refractivity contribution is -0.113. The SMILES string of the molecule is CC1C/C(=C\c2ccc(-c3c(Cl)cccc3Cl)o2)C(=O)/C(=C/c2ccc(-c3c(Cl)cccc3Cl)o2)C1. The second kappa shape index (κ2) is 10.4. The Morgan fingerprint density at radius 1 is 0.667 bits per heavy atom. The minimum Gasteiger partial charge on any atom is -0.457 e. The van der Waals surface area contributed by atoms with Gasteiger partial charge in [-0.05, 0) is 79.4 Å². The molecule has 7 heteroatoms. The zero-order valence-corrected chi connectivity index (χ0v) is 22.2. The summed E-state index contributed by atoms with van der Waals surface area (Å²) < 4.78 is 12.0. The first-order valence-electron chi connectivity index (χ1n) is 11.3. The van der Waals surface area contributed by atoms with E-state index in [-0.39, 0.29) is 11.7 Å². The molecule has 0 amide bonds. The number of carbonyl (C=O) groups excluding carboxylic acids is 1. The third-order valence-electron chi connectivity index (χ3n) is 6.02. The summed E-state index contributed by atoms with van der Waals surface area (Å²) in [6.45, 7) is 2.11. The monoisotopic (exact) mass is 556 g/mol. The number of hydrogen-bond donors (Lipinski definition) is 0. The van der Waals surface area contributed by atoms with Gasteiger partial charge in [0.1, 0.15) is 23.0 Å². The summed E-state index contributed by atoms with van der Waals surface area (Å²) >= 11 is 25.3. The van der Waals surface area contributed by atoms with Crippen molar-refractivity contribution < 1.29 is 13.6 Å². The Bertz CT molecular complexity index is 1370. The van der Waals surface area contributed by atoms with Gasteiger partial charge in [-0.15, -0.1) is 0 Å². The van der Waals surface area contributed by atoms with Gasteiger partial charge in [0.2, 0.25) is 0 Å². The van der Waals surface area contributed by atoms with E-state index in [2.05, 4.69) is 6.92 Å². The number of rotatable bonds is 4. The standard InChI is InChI=1S/C29H20Cl4O3/c1-16-12-17(14-19-8-10-25(35-19)27-21(30)4-2-5-22(27)31)29(34)18(13-16)15-20-9-11-26(36-20)28-23(32)6-3-7-24(28)33/h2-11,14-16H,12-13H2,1H3/b17-14+,18-15+. The van der Waals surface area contributed by atoms with Gasteiger partial charge < -0.3 is 8.83 Å². The maximum Gasteiger partial charge on any atom is 0.185 e. The van der Waals surface area contributed by atoms with Crippen LogP contribution in [0.1, 0.15) is 31.3 Å². The van der Waals surface area contributed by atoms with Gasteiger partial charge in [0.25, 0.3) is 0 Å². The van der Waals surface area contributed by atoms with Crippen LogP contribution < -0.4 is 0 Å². The lowest BCUT2D eigenvalue weighted by Gasteiger charge is -2.22. The Morgan fingerprint density at radius 3 is 1.44 bits per heavy atom. The second-order valence-electron chi connectivity index (χ2n) is 8.78. The minimum absolute atomic E-state index is 0.0319. The first-order chi connectivity index (χ1) is 17.3. The molecule has 1 aliphatic rings. The third-order valence-corrected chi connectivity index (χ3v) is 7.28. The average molecular weight is 558 g/mol. The second-order valence-corrected chi connectivity index (χ2v) is 10.4. The van der Waals surface area contributed by atoms with Crippen LogP contribution in [-0.2, 0) is 4.79 Å². The van der Waals surface area contributed by atoms with Gasteiger partial charge in [0.15, 0.2) is 5.78 Å².